The topological polar surface area (TPSA) is 49.4 Å². The van der Waals surface area contributed by atoms with Gasteiger partial charge in [-0.25, -0.2) is 9.69 Å². The van der Waals surface area contributed by atoms with Gasteiger partial charge in [0.05, 0.1) is 21.7 Å². The zero-order valence-electron chi connectivity index (χ0n) is 11.3. The fourth-order valence-corrected chi connectivity index (χ4v) is 2.57. The lowest BCUT2D eigenvalue weighted by Gasteiger charge is -2.32. The fourth-order valence-electron chi connectivity index (χ4n) is 2.28. The van der Waals surface area contributed by atoms with Crippen LogP contribution in [-0.4, -0.2) is 18.5 Å². The van der Waals surface area contributed by atoms with Crippen molar-refractivity contribution in [3.63, 3.8) is 0 Å². The predicted octanol–water partition coefficient (Wildman–Crippen LogP) is 3.71. The van der Waals surface area contributed by atoms with Crippen LogP contribution in [-0.2, 0) is 4.79 Å². The van der Waals surface area contributed by atoms with Crippen molar-refractivity contribution in [3.05, 3.63) is 28.2 Å². The molecule has 1 aliphatic rings. The van der Waals surface area contributed by atoms with Crippen molar-refractivity contribution >= 4 is 40.8 Å². The highest BCUT2D eigenvalue weighted by molar-refractivity contribution is 6.42. The van der Waals surface area contributed by atoms with Crippen molar-refractivity contribution in [2.75, 3.05) is 11.4 Å². The van der Waals surface area contributed by atoms with Crippen molar-refractivity contribution in [1.29, 1.82) is 0 Å². The number of hydrogen-bond acceptors (Lipinski definition) is 2. The number of nitrogens with one attached hydrogen (secondary N) is 1. The third-order valence-electron chi connectivity index (χ3n) is 3.19. The van der Waals surface area contributed by atoms with Gasteiger partial charge in [-0.3, -0.25) is 4.79 Å². The number of nitrogens with zero attached hydrogens (tertiary/aromatic N) is 1. The number of halogens is 2. The summed E-state index contributed by atoms with van der Waals surface area (Å²) in [4.78, 5) is 25.5. The van der Waals surface area contributed by atoms with Crippen molar-refractivity contribution in [1.82, 2.24) is 5.32 Å². The molecular formula is C14H16Cl2N2O2. The van der Waals surface area contributed by atoms with E-state index in [4.69, 9.17) is 23.2 Å². The van der Waals surface area contributed by atoms with Crippen LogP contribution < -0.4 is 10.2 Å². The van der Waals surface area contributed by atoms with Crippen molar-refractivity contribution in [2.24, 2.45) is 11.8 Å². The molecule has 0 bridgehead atoms. The number of amides is 3. The number of benzene rings is 1. The molecule has 2 rings (SSSR count). The standard InChI is InChI=1S/C14H16Cl2N2O2/c1-8(2)5-9-7-17-14(20)18(13(9)19)10-3-4-11(15)12(16)6-10/h3-4,6,8-9H,5,7H2,1-2H3,(H,17,20). The monoisotopic (exact) mass is 314 g/mol. The van der Waals surface area contributed by atoms with Gasteiger partial charge in [0.1, 0.15) is 0 Å². The first kappa shape index (κ1) is 15.1. The second-order valence-electron chi connectivity index (χ2n) is 5.28. The van der Waals surface area contributed by atoms with Gasteiger partial charge >= 0.3 is 6.03 Å². The Bertz CT molecular complexity index is 546. The summed E-state index contributed by atoms with van der Waals surface area (Å²) in [7, 11) is 0. The Morgan fingerprint density at radius 2 is 2.00 bits per heavy atom. The molecule has 1 aromatic carbocycles. The number of anilines is 1. The molecule has 1 aliphatic heterocycles. The molecule has 6 heteroatoms. The normalized spacial score (nSPS) is 19.4. The maximum atomic E-state index is 12.5. The molecule has 0 aromatic heterocycles. The molecule has 1 aromatic rings. The molecule has 108 valence electrons. The SMILES string of the molecule is CC(C)CC1CNC(=O)N(c2ccc(Cl)c(Cl)c2)C1=O. The number of urea groups is 1. The summed E-state index contributed by atoms with van der Waals surface area (Å²) in [5, 5.41) is 3.44. The van der Waals surface area contributed by atoms with Crippen LogP contribution in [0.4, 0.5) is 10.5 Å². The lowest BCUT2D eigenvalue weighted by molar-refractivity contribution is -0.122. The summed E-state index contributed by atoms with van der Waals surface area (Å²) < 4.78 is 0. The van der Waals surface area contributed by atoms with Crippen LogP contribution in [0.1, 0.15) is 20.3 Å². The second-order valence-corrected chi connectivity index (χ2v) is 6.10. The van der Waals surface area contributed by atoms with Crippen molar-refractivity contribution in [2.45, 2.75) is 20.3 Å². The van der Waals surface area contributed by atoms with E-state index in [-0.39, 0.29) is 11.8 Å². The Morgan fingerprint density at radius 3 is 2.60 bits per heavy atom. The molecule has 1 N–H and O–H groups in total. The molecule has 3 amide bonds. The quantitative estimate of drug-likeness (QED) is 0.924. The lowest BCUT2D eigenvalue weighted by Crippen LogP contribution is -2.55. The van der Waals surface area contributed by atoms with Crippen LogP contribution in [0.5, 0.6) is 0 Å². The van der Waals surface area contributed by atoms with E-state index in [1.807, 2.05) is 13.8 Å². The number of carbonyl (C=O) groups excluding carboxylic acids is 2. The highest BCUT2D eigenvalue weighted by atomic mass is 35.5. The van der Waals surface area contributed by atoms with Crippen LogP contribution in [0, 0.1) is 11.8 Å². The van der Waals surface area contributed by atoms with E-state index in [2.05, 4.69) is 5.32 Å². The molecular weight excluding hydrogens is 299 g/mol. The number of rotatable bonds is 3. The van der Waals surface area contributed by atoms with Gasteiger partial charge in [0.25, 0.3) is 0 Å². The van der Waals surface area contributed by atoms with Gasteiger partial charge < -0.3 is 5.32 Å². The highest BCUT2D eigenvalue weighted by Crippen LogP contribution is 2.29. The summed E-state index contributed by atoms with van der Waals surface area (Å²) >= 11 is 11.8. The Labute approximate surface area is 128 Å². The number of hydrogen-bond donors (Lipinski definition) is 1. The van der Waals surface area contributed by atoms with Gasteiger partial charge in [-0.15, -0.1) is 0 Å². The first-order valence-electron chi connectivity index (χ1n) is 6.47. The summed E-state index contributed by atoms with van der Waals surface area (Å²) in [6, 6.07) is 4.29. The number of carbonyl (C=O) groups is 2. The van der Waals surface area contributed by atoms with Crippen LogP contribution in [0.15, 0.2) is 18.2 Å². The Balaban J connectivity index is 2.29. The van der Waals surface area contributed by atoms with E-state index in [1.54, 1.807) is 12.1 Å². The Hall–Kier alpha value is -1.26. The van der Waals surface area contributed by atoms with E-state index < -0.39 is 6.03 Å². The third-order valence-corrected chi connectivity index (χ3v) is 3.93. The fraction of sp³-hybridized carbons (Fsp3) is 0.429. The molecule has 0 spiro atoms. The molecule has 0 aliphatic carbocycles. The molecule has 1 heterocycles. The van der Waals surface area contributed by atoms with E-state index in [0.717, 1.165) is 11.3 Å². The zero-order chi connectivity index (χ0) is 14.9. The maximum absolute atomic E-state index is 12.5. The minimum Gasteiger partial charge on any atom is -0.337 e. The van der Waals surface area contributed by atoms with E-state index >= 15 is 0 Å². The molecule has 0 radical (unpaired) electrons. The predicted molar refractivity (Wildman–Crippen MR) is 80.3 cm³/mol. The van der Waals surface area contributed by atoms with Crippen LogP contribution >= 0.6 is 23.2 Å². The van der Waals surface area contributed by atoms with Gasteiger partial charge in [-0.2, -0.15) is 0 Å². The smallest absolute Gasteiger partial charge is 0.328 e. The van der Waals surface area contributed by atoms with Gasteiger partial charge in [-0.1, -0.05) is 37.0 Å². The van der Waals surface area contributed by atoms with Gasteiger partial charge in [0.15, 0.2) is 0 Å². The van der Waals surface area contributed by atoms with Gasteiger partial charge in [-0.05, 0) is 30.5 Å². The summed E-state index contributed by atoms with van der Waals surface area (Å²) in [6.07, 6.45) is 0.733. The van der Waals surface area contributed by atoms with Crippen LogP contribution in [0.25, 0.3) is 0 Å². The van der Waals surface area contributed by atoms with E-state index in [9.17, 15) is 9.59 Å². The second kappa shape index (κ2) is 6.02. The minimum absolute atomic E-state index is 0.194. The van der Waals surface area contributed by atoms with Crippen molar-refractivity contribution in [3.8, 4) is 0 Å². The summed E-state index contributed by atoms with van der Waals surface area (Å²) in [5.41, 5.74) is 0.440. The van der Waals surface area contributed by atoms with E-state index in [1.165, 1.54) is 6.07 Å². The largest absolute Gasteiger partial charge is 0.337 e. The van der Waals surface area contributed by atoms with Crippen molar-refractivity contribution < 1.29 is 9.59 Å². The highest BCUT2D eigenvalue weighted by Gasteiger charge is 2.35. The van der Waals surface area contributed by atoms with Crippen LogP contribution in [0.3, 0.4) is 0 Å². The van der Waals surface area contributed by atoms with E-state index in [0.29, 0.717) is 28.2 Å². The first-order chi connectivity index (χ1) is 9.40. The van der Waals surface area contributed by atoms with Crippen LogP contribution in [0.2, 0.25) is 10.0 Å². The van der Waals surface area contributed by atoms with Gasteiger partial charge in [0.2, 0.25) is 5.91 Å². The first-order valence-corrected chi connectivity index (χ1v) is 7.22. The van der Waals surface area contributed by atoms with Gasteiger partial charge in [0, 0.05) is 6.54 Å². The molecule has 1 saturated heterocycles. The molecule has 1 atom stereocenters. The average molecular weight is 315 g/mol. The summed E-state index contributed by atoms with van der Waals surface area (Å²) in [5.74, 6) is -0.0161. The molecule has 1 fully saturated rings. The summed E-state index contributed by atoms with van der Waals surface area (Å²) in [6.45, 7) is 4.48. The number of imide groups is 1. The minimum atomic E-state index is -0.423. The molecule has 4 nitrogen and oxygen atoms in total. The average Bonchev–Trinajstić information content (AvgIpc) is 2.37. The maximum Gasteiger partial charge on any atom is 0.328 e. The lowest BCUT2D eigenvalue weighted by atomic mass is 9.94. The molecule has 20 heavy (non-hydrogen) atoms. The third kappa shape index (κ3) is 3.07. The molecule has 0 saturated carbocycles. The zero-order valence-corrected chi connectivity index (χ0v) is 12.8. The molecule has 1 unspecified atom stereocenters. The Kier molecular flexibility index (Phi) is 4.55. The Morgan fingerprint density at radius 1 is 1.30 bits per heavy atom.